The van der Waals surface area contributed by atoms with Crippen LogP contribution in [0.4, 0.5) is 18.9 Å². The number of alkyl halides is 3. The highest BCUT2D eigenvalue weighted by molar-refractivity contribution is 5.88. The van der Waals surface area contributed by atoms with Gasteiger partial charge >= 0.3 is 12.1 Å². The van der Waals surface area contributed by atoms with Crippen molar-refractivity contribution in [2.45, 2.75) is 25.4 Å². The lowest BCUT2D eigenvalue weighted by molar-refractivity contribution is -0.385. The average molecular weight is 301 g/mol. The van der Waals surface area contributed by atoms with Gasteiger partial charge in [0, 0.05) is 17.6 Å². The molecule has 0 aliphatic heterocycles. The molecule has 1 aromatic carbocycles. The first-order chi connectivity index (χ1) is 9.65. The molecule has 0 bridgehead atoms. The number of carboxylic acids is 1. The first kappa shape index (κ1) is 16.5. The number of halogens is 3. The molecule has 0 spiro atoms. The Balaban J connectivity index is 3.40. The van der Waals surface area contributed by atoms with Crippen LogP contribution >= 0.6 is 0 Å². The highest BCUT2D eigenvalue weighted by Gasteiger charge is 2.26. The summed E-state index contributed by atoms with van der Waals surface area (Å²) in [5.74, 6) is 0.574. The number of carbonyl (C=O) groups is 1. The summed E-state index contributed by atoms with van der Waals surface area (Å²) in [6, 6.07) is 2.96. The molecule has 112 valence electrons. The molecule has 0 fully saturated rings. The van der Waals surface area contributed by atoms with Crippen LogP contribution in [0.5, 0.6) is 0 Å². The second-order valence-corrected chi connectivity index (χ2v) is 4.06. The lowest BCUT2D eigenvalue weighted by Gasteiger charge is -2.10. The van der Waals surface area contributed by atoms with Gasteiger partial charge in [-0.3, -0.25) is 10.1 Å². The molecule has 0 aromatic heterocycles. The summed E-state index contributed by atoms with van der Waals surface area (Å²) < 4.78 is 36.4. The van der Waals surface area contributed by atoms with E-state index in [1.807, 2.05) is 5.92 Å². The van der Waals surface area contributed by atoms with Gasteiger partial charge in [0.2, 0.25) is 0 Å². The van der Waals surface area contributed by atoms with Crippen LogP contribution in [-0.4, -0.2) is 22.2 Å². The minimum Gasteiger partial charge on any atom is -0.478 e. The maximum absolute atomic E-state index is 12.1. The zero-order valence-electron chi connectivity index (χ0n) is 10.8. The van der Waals surface area contributed by atoms with E-state index < -0.39 is 28.7 Å². The third kappa shape index (κ3) is 4.49. The maximum atomic E-state index is 12.1. The van der Waals surface area contributed by atoms with Crippen LogP contribution in [0, 0.1) is 22.0 Å². The molecule has 1 rings (SSSR count). The van der Waals surface area contributed by atoms with Crippen molar-refractivity contribution in [3.8, 4) is 11.8 Å². The second kappa shape index (κ2) is 6.26. The lowest BCUT2D eigenvalue weighted by Crippen LogP contribution is -2.07. The molecule has 21 heavy (non-hydrogen) atoms. The third-order valence-corrected chi connectivity index (χ3v) is 2.64. The first-order valence-electron chi connectivity index (χ1n) is 5.76. The first-order valence-corrected chi connectivity index (χ1v) is 5.76. The van der Waals surface area contributed by atoms with Crippen LogP contribution in [0.2, 0.25) is 0 Å². The van der Waals surface area contributed by atoms with E-state index in [2.05, 4.69) is 0 Å². The van der Waals surface area contributed by atoms with Gasteiger partial charge in [0.05, 0.1) is 16.4 Å². The number of nitro benzene ring substituents is 1. The summed E-state index contributed by atoms with van der Waals surface area (Å²) >= 11 is 0. The summed E-state index contributed by atoms with van der Waals surface area (Å²) in [5.41, 5.74) is -0.842. The van der Waals surface area contributed by atoms with Crippen molar-refractivity contribution < 1.29 is 28.0 Å². The average Bonchev–Trinajstić information content (AvgIpc) is 2.37. The van der Waals surface area contributed by atoms with E-state index in [-0.39, 0.29) is 17.5 Å². The number of carboxylic acid groups (broad SMARTS) is 1. The van der Waals surface area contributed by atoms with Crippen molar-refractivity contribution in [3.63, 3.8) is 0 Å². The number of rotatable bonds is 4. The van der Waals surface area contributed by atoms with Gasteiger partial charge in [-0.2, -0.15) is 13.2 Å². The number of hydrogen-bond acceptors (Lipinski definition) is 3. The molecule has 0 aliphatic carbocycles. The summed E-state index contributed by atoms with van der Waals surface area (Å²) in [4.78, 5) is 21.0. The molecule has 0 radical (unpaired) electrons. The third-order valence-electron chi connectivity index (χ3n) is 2.64. The largest absolute Gasteiger partial charge is 0.478 e. The minimum atomic E-state index is -4.72. The standard InChI is InChI=1S/C13H10F3NO4/c1-2-8(5-6-13(14,15)16)10-7-9(12(18)19)3-4-11(10)17(20)21/h3-4,7-8H,2H2,1H3,(H,18,19)/t8-/m0/s1. The predicted octanol–water partition coefficient (Wildman–Crippen LogP) is 3.35. The highest BCUT2D eigenvalue weighted by Crippen LogP contribution is 2.30. The Hall–Kier alpha value is -2.56. The van der Waals surface area contributed by atoms with Crippen molar-refractivity contribution >= 4 is 11.7 Å². The number of nitro groups is 1. The number of hydrogen-bond donors (Lipinski definition) is 1. The fourth-order valence-corrected chi connectivity index (χ4v) is 1.70. The zero-order chi connectivity index (χ0) is 16.2. The van der Waals surface area contributed by atoms with Crippen LogP contribution in [0.3, 0.4) is 0 Å². The van der Waals surface area contributed by atoms with E-state index in [1.165, 1.54) is 6.92 Å². The van der Waals surface area contributed by atoms with E-state index in [0.717, 1.165) is 24.1 Å². The normalized spacial score (nSPS) is 12.2. The molecule has 5 nitrogen and oxygen atoms in total. The van der Waals surface area contributed by atoms with Crippen LogP contribution in [0.25, 0.3) is 0 Å². The summed E-state index contributed by atoms with van der Waals surface area (Å²) in [6.07, 6.45) is -4.64. The maximum Gasteiger partial charge on any atom is 0.457 e. The molecule has 0 saturated carbocycles. The fourth-order valence-electron chi connectivity index (χ4n) is 1.70. The molecule has 0 heterocycles. The highest BCUT2D eigenvalue weighted by atomic mass is 19.4. The Labute approximate surface area is 117 Å². The molecule has 0 aliphatic rings. The van der Waals surface area contributed by atoms with Gasteiger partial charge in [0.1, 0.15) is 0 Å². The Morgan fingerprint density at radius 1 is 1.48 bits per heavy atom. The summed E-state index contributed by atoms with van der Waals surface area (Å²) in [5, 5.41) is 19.8. The topological polar surface area (TPSA) is 80.4 Å². The monoisotopic (exact) mass is 301 g/mol. The fraction of sp³-hybridized carbons (Fsp3) is 0.308. The molecule has 1 aromatic rings. The molecule has 1 N–H and O–H groups in total. The van der Waals surface area contributed by atoms with Gasteiger partial charge in [0.15, 0.2) is 0 Å². The summed E-state index contributed by atoms with van der Waals surface area (Å²) in [7, 11) is 0. The van der Waals surface area contributed by atoms with Crippen LogP contribution in [0.15, 0.2) is 18.2 Å². The van der Waals surface area contributed by atoms with Gasteiger partial charge in [-0.1, -0.05) is 12.8 Å². The number of nitrogens with zero attached hydrogens (tertiary/aromatic N) is 1. The van der Waals surface area contributed by atoms with Crippen LogP contribution in [0.1, 0.15) is 35.2 Å². The molecule has 1 atom stereocenters. The second-order valence-electron chi connectivity index (χ2n) is 4.06. The van der Waals surface area contributed by atoms with E-state index in [1.54, 1.807) is 0 Å². The van der Waals surface area contributed by atoms with E-state index in [0.29, 0.717) is 0 Å². The molecule has 0 saturated heterocycles. The molecular formula is C13H10F3NO4. The van der Waals surface area contributed by atoms with E-state index in [4.69, 9.17) is 5.11 Å². The van der Waals surface area contributed by atoms with Crippen molar-refractivity contribution in [1.82, 2.24) is 0 Å². The van der Waals surface area contributed by atoms with Gasteiger partial charge < -0.3 is 5.11 Å². The Morgan fingerprint density at radius 2 is 2.10 bits per heavy atom. The quantitative estimate of drug-likeness (QED) is 0.525. The Kier molecular flexibility index (Phi) is 4.92. The molecule has 0 unspecified atom stereocenters. The van der Waals surface area contributed by atoms with Crippen LogP contribution < -0.4 is 0 Å². The van der Waals surface area contributed by atoms with Crippen molar-refractivity contribution in [2.24, 2.45) is 0 Å². The molecular weight excluding hydrogens is 291 g/mol. The SMILES string of the molecule is CC[C@@H](C#CC(F)(F)F)c1cc(C(=O)O)ccc1[N+](=O)[O-]. The number of benzene rings is 1. The molecule has 8 heteroatoms. The van der Waals surface area contributed by atoms with Gasteiger partial charge in [0.25, 0.3) is 5.69 Å². The van der Waals surface area contributed by atoms with E-state index in [9.17, 15) is 28.1 Å². The Morgan fingerprint density at radius 3 is 2.52 bits per heavy atom. The van der Waals surface area contributed by atoms with Gasteiger partial charge in [-0.25, -0.2) is 4.79 Å². The number of aromatic carboxylic acids is 1. The molecule has 0 amide bonds. The lowest BCUT2D eigenvalue weighted by atomic mass is 9.93. The van der Waals surface area contributed by atoms with Crippen molar-refractivity contribution in [2.75, 3.05) is 0 Å². The van der Waals surface area contributed by atoms with E-state index >= 15 is 0 Å². The smallest absolute Gasteiger partial charge is 0.457 e. The zero-order valence-corrected chi connectivity index (χ0v) is 10.8. The van der Waals surface area contributed by atoms with Crippen molar-refractivity contribution in [1.29, 1.82) is 0 Å². The summed E-state index contributed by atoms with van der Waals surface area (Å²) in [6.45, 7) is 1.51. The van der Waals surface area contributed by atoms with Crippen LogP contribution in [-0.2, 0) is 0 Å². The predicted molar refractivity (Wildman–Crippen MR) is 66.9 cm³/mol. The van der Waals surface area contributed by atoms with Gasteiger partial charge in [-0.05, 0) is 18.6 Å². The minimum absolute atomic E-state index is 0.0764. The van der Waals surface area contributed by atoms with Gasteiger partial charge in [-0.15, -0.1) is 0 Å². The van der Waals surface area contributed by atoms with Crippen molar-refractivity contribution in [3.05, 3.63) is 39.4 Å². The Bertz CT molecular complexity index is 629.